The Kier molecular flexibility index (Phi) is 7.03. The molecule has 0 bridgehead atoms. The molecule has 0 fully saturated rings. The van der Waals surface area contributed by atoms with Crippen LogP contribution in [0.2, 0.25) is 0 Å². The second-order valence-corrected chi connectivity index (χ2v) is 5.37. The minimum Gasteiger partial charge on any atom is -0.481 e. The smallest absolute Gasteiger partial charge is 0.331 e. The molecule has 0 rings (SSSR count). The molecule has 0 amide bonds. The third-order valence-electron chi connectivity index (χ3n) is 1.87. The van der Waals surface area contributed by atoms with Crippen molar-refractivity contribution in [1.29, 1.82) is 0 Å². The fourth-order valence-corrected chi connectivity index (χ4v) is 3.14. The van der Waals surface area contributed by atoms with Gasteiger partial charge in [0.2, 0.25) is 0 Å². The lowest BCUT2D eigenvalue weighted by Gasteiger charge is -2.19. The highest BCUT2D eigenvalue weighted by atomic mass is 31.2. The second-order valence-electron chi connectivity index (χ2n) is 3.26. The number of hydrogen-bond acceptors (Lipinski definition) is 5. The van der Waals surface area contributed by atoms with Crippen molar-refractivity contribution in [3.05, 3.63) is 0 Å². The van der Waals surface area contributed by atoms with Gasteiger partial charge in [0.1, 0.15) is 0 Å². The van der Waals surface area contributed by atoms with E-state index in [0.29, 0.717) is 0 Å². The molecule has 0 aromatic rings. The Balaban J connectivity index is 4.73. The summed E-state index contributed by atoms with van der Waals surface area (Å²) in [6.07, 6.45) is -1.05. The van der Waals surface area contributed by atoms with Gasteiger partial charge in [-0.15, -0.1) is 0 Å². The first-order valence-corrected chi connectivity index (χ1v) is 6.90. The molecule has 0 spiro atoms. The molecule has 1 unspecified atom stereocenters. The third-order valence-corrected chi connectivity index (χ3v) is 4.06. The molecule has 0 aliphatic rings. The van der Waals surface area contributed by atoms with Crippen LogP contribution in [0.1, 0.15) is 20.3 Å². The van der Waals surface area contributed by atoms with Gasteiger partial charge < -0.3 is 19.3 Å². The summed E-state index contributed by atoms with van der Waals surface area (Å²) in [6, 6.07) is 0. The summed E-state index contributed by atoms with van der Waals surface area (Å²) in [5.41, 5.74) is 0. The van der Waals surface area contributed by atoms with Crippen LogP contribution in [-0.4, -0.2) is 41.5 Å². The molecule has 0 saturated carbocycles. The summed E-state index contributed by atoms with van der Waals surface area (Å²) < 4.78 is 21.8. The number of carboxylic acid groups (broad SMARTS) is 2. The maximum absolute atomic E-state index is 12.0. The van der Waals surface area contributed by atoms with Crippen molar-refractivity contribution < 1.29 is 33.4 Å². The van der Waals surface area contributed by atoms with Crippen molar-refractivity contribution in [2.45, 2.75) is 20.3 Å². The van der Waals surface area contributed by atoms with Crippen LogP contribution in [0.15, 0.2) is 0 Å². The molecule has 7 nitrogen and oxygen atoms in total. The quantitative estimate of drug-likeness (QED) is 0.608. The van der Waals surface area contributed by atoms with Crippen molar-refractivity contribution in [2.24, 2.45) is 5.92 Å². The predicted molar refractivity (Wildman–Crippen MR) is 59.1 cm³/mol. The number of aliphatic carboxylic acids is 2. The van der Waals surface area contributed by atoms with Crippen LogP contribution in [-0.2, 0) is 23.2 Å². The molecule has 0 aromatic carbocycles. The van der Waals surface area contributed by atoms with Gasteiger partial charge in [0, 0.05) is 0 Å². The zero-order chi connectivity index (χ0) is 13.5. The largest absolute Gasteiger partial charge is 0.481 e. The van der Waals surface area contributed by atoms with E-state index >= 15 is 0 Å². The summed E-state index contributed by atoms with van der Waals surface area (Å²) in [5.74, 6) is -3.87. The summed E-state index contributed by atoms with van der Waals surface area (Å²) >= 11 is 0. The van der Waals surface area contributed by atoms with Gasteiger partial charge in [-0.3, -0.25) is 14.2 Å². The fraction of sp³-hybridized carbons (Fsp3) is 0.778. The molecule has 0 aliphatic carbocycles. The SMILES string of the molecule is CCOP(=O)(CC(CC(=O)O)C(=O)O)OCC. The van der Waals surface area contributed by atoms with E-state index in [1.54, 1.807) is 13.8 Å². The number of carbonyl (C=O) groups is 2. The lowest BCUT2D eigenvalue weighted by Crippen LogP contribution is -2.22. The van der Waals surface area contributed by atoms with Crippen LogP contribution >= 0.6 is 7.60 Å². The molecular formula is C9H17O7P. The van der Waals surface area contributed by atoms with Crippen LogP contribution in [0.3, 0.4) is 0 Å². The summed E-state index contributed by atoms with van der Waals surface area (Å²) in [7, 11) is -3.53. The Bertz CT molecular complexity index is 304. The normalized spacial score (nSPS) is 13.3. The van der Waals surface area contributed by atoms with Crippen LogP contribution in [0.25, 0.3) is 0 Å². The molecule has 0 aliphatic heterocycles. The topological polar surface area (TPSA) is 110 Å². The zero-order valence-corrected chi connectivity index (χ0v) is 10.7. The van der Waals surface area contributed by atoms with Crippen molar-refractivity contribution in [1.82, 2.24) is 0 Å². The standard InChI is InChI=1S/C9H17O7P/c1-3-15-17(14,16-4-2)6-7(9(12)13)5-8(10)11/h7H,3-6H2,1-2H3,(H,10,11)(H,12,13). The average molecular weight is 268 g/mol. The molecule has 0 heterocycles. The van der Waals surface area contributed by atoms with Crippen molar-refractivity contribution in [3.63, 3.8) is 0 Å². The molecule has 8 heteroatoms. The molecule has 1 atom stereocenters. The minimum atomic E-state index is -3.53. The van der Waals surface area contributed by atoms with Crippen LogP contribution < -0.4 is 0 Å². The van der Waals surface area contributed by atoms with E-state index in [1.807, 2.05) is 0 Å². The van der Waals surface area contributed by atoms with Gasteiger partial charge in [-0.05, 0) is 13.8 Å². The van der Waals surface area contributed by atoms with Gasteiger partial charge in [-0.1, -0.05) is 0 Å². The van der Waals surface area contributed by atoms with Gasteiger partial charge in [-0.25, -0.2) is 0 Å². The van der Waals surface area contributed by atoms with E-state index in [9.17, 15) is 14.2 Å². The predicted octanol–water partition coefficient (Wildman–Crippen LogP) is 1.43. The zero-order valence-electron chi connectivity index (χ0n) is 9.79. The molecular weight excluding hydrogens is 251 g/mol. The van der Waals surface area contributed by atoms with E-state index < -0.39 is 38.0 Å². The Morgan fingerprint density at radius 3 is 1.94 bits per heavy atom. The van der Waals surface area contributed by atoms with Crippen molar-refractivity contribution in [3.8, 4) is 0 Å². The molecule has 17 heavy (non-hydrogen) atoms. The number of rotatable bonds is 9. The van der Waals surface area contributed by atoms with Gasteiger partial charge in [0.05, 0.1) is 31.7 Å². The molecule has 0 radical (unpaired) electrons. The fourth-order valence-electron chi connectivity index (χ4n) is 1.25. The molecule has 2 N–H and O–H groups in total. The van der Waals surface area contributed by atoms with Crippen LogP contribution in [0, 0.1) is 5.92 Å². The third kappa shape index (κ3) is 6.41. The van der Waals surface area contributed by atoms with Crippen molar-refractivity contribution >= 4 is 19.5 Å². The average Bonchev–Trinajstić information content (AvgIpc) is 2.16. The molecule has 0 saturated heterocycles. The Morgan fingerprint density at radius 2 is 1.65 bits per heavy atom. The summed E-state index contributed by atoms with van der Waals surface area (Å²) in [4.78, 5) is 21.3. The van der Waals surface area contributed by atoms with E-state index in [0.717, 1.165) is 0 Å². The van der Waals surface area contributed by atoms with Crippen LogP contribution in [0.5, 0.6) is 0 Å². The Morgan fingerprint density at radius 1 is 1.18 bits per heavy atom. The highest BCUT2D eigenvalue weighted by Crippen LogP contribution is 2.50. The van der Waals surface area contributed by atoms with Gasteiger partial charge in [0.25, 0.3) is 0 Å². The van der Waals surface area contributed by atoms with Gasteiger partial charge in [0.15, 0.2) is 0 Å². The van der Waals surface area contributed by atoms with E-state index in [4.69, 9.17) is 19.3 Å². The molecule has 100 valence electrons. The maximum atomic E-state index is 12.0. The first-order chi connectivity index (χ1) is 7.84. The van der Waals surface area contributed by atoms with Gasteiger partial charge in [-0.2, -0.15) is 0 Å². The molecule has 0 aromatic heterocycles. The lowest BCUT2D eigenvalue weighted by atomic mass is 10.1. The highest BCUT2D eigenvalue weighted by Gasteiger charge is 2.33. The highest BCUT2D eigenvalue weighted by molar-refractivity contribution is 7.53. The lowest BCUT2D eigenvalue weighted by molar-refractivity contribution is -0.147. The minimum absolute atomic E-state index is 0.108. The van der Waals surface area contributed by atoms with Crippen molar-refractivity contribution in [2.75, 3.05) is 19.4 Å². The number of hydrogen-bond donors (Lipinski definition) is 2. The van der Waals surface area contributed by atoms with E-state index in [2.05, 4.69) is 0 Å². The first-order valence-electron chi connectivity index (χ1n) is 5.17. The first kappa shape index (κ1) is 16.1. The summed E-state index contributed by atoms with van der Waals surface area (Å²) in [6.45, 7) is 3.41. The van der Waals surface area contributed by atoms with Crippen LogP contribution in [0.4, 0.5) is 0 Å². The monoisotopic (exact) mass is 268 g/mol. The second kappa shape index (κ2) is 7.42. The number of carboxylic acids is 2. The Labute approximate surface area is 99.3 Å². The van der Waals surface area contributed by atoms with E-state index in [1.165, 1.54) is 0 Å². The maximum Gasteiger partial charge on any atom is 0.331 e. The summed E-state index contributed by atoms with van der Waals surface area (Å²) in [5, 5.41) is 17.4. The Hall–Kier alpha value is -0.910. The van der Waals surface area contributed by atoms with E-state index in [-0.39, 0.29) is 13.2 Å². The van der Waals surface area contributed by atoms with Gasteiger partial charge >= 0.3 is 19.5 Å².